The molecule has 0 unspecified atom stereocenters. The predicted molar refractivity (Wildman–Crippen MR) is 110 cm³/mol. The van der Waals surface area contributed by atoms with E-state index in [0.29, 0.717) is 11.5 Å². The Morgan fingerprint density at radius 3 is 1.85 bits per heavy atom. The third-order valence-corrected chi connectivity index (χ3v) is 5.32. The van der Waals surface area contributed by atoms with E-state index in [1.807, 2.05) is 12.1 Å². The molecule has 3 heteroatoms. The summed E-state index contributed by atoms with van der Waals surface area (Å²) in [6.45, 7) is 0. The monoisotopic (exact) mass is 354 g/mol. The van der Waals surface area contributed by atoms with Gasteiger partial charge in [-0.05, 0) is 55.6 Å². The minimum absolute atomic E-state index is 0.0152. The molecule has 1 N–H and O–H groups in total. The van der Waals surface area contributed by atoms with E-state index in [-0.39, 0.29) is 5.75 Å². The number of phenols is 1. The van der Waals surface area contributed by atoms with Gasteiger partial charge >= 0.3 is 0 Å². The number of hydrogen-bond acceptors (Lipinski definition) is 3. The average Bonchev–Trinajstić information content (AvgIpc) is 2.72. The molecule has 0 saturated heterocycles. The molecule has 5 aromatic carbocycles. The smallest absolute Gasteiger partial charge is 0.200 e. The number of rotatable bonds is 3. The minimum Gasteiger partial charge on any atom is -0.502 e. The fourth-order valence-corrected chi connectivity index (χ4v) is 4.04. The van der Waals surface area contributed by atoms with Crippen LogP contribution in [0.3, 0.4) is 0 Å². The second-order valence-electron chi connectivity index (χ2n) is 6.70. The summed E-state index contributed by atoms with van der Waals surface area (Å²) in [4.78, 5) is 0. The molecule has 5 aromatic rings. The average molecular weight is 354 g/mol. The Hall–Kier alpha value is -3.46. The lowest BCUT2D eigenvalue weighted by molar-refractivity contribution is 0.340. The number of hydrogen-bond donors (Lipinski definition) is 1. The second kappa shape index (κ2) is 5.78. The zero-order chi connectivity index (χ0) is 18.5. The Balaban J connectivity index is 1.89. The molecule has 0 aliphatic heterocycles. The summed E-state index contributed by atoms with van der Waals surface area (Å²) >= 11 is 0. The van der Waals surface area contributed by atoms with Gasteiger partial charge < -0.3 is 14.6 Å². The summed E-state index contributed by atoms with van der Waals surface area (Å²) in [5.74, 6) is 0.812. The summed E-state index contributed by atoms with van der Waals surface area (Å²) in [7, 11) is 3.09. The van der Waals surface area contributed by atoms with Crippen LogP contribution in [0.4, 0.5) is 0 Å². The van der Waals surface area contributed by atoms with E-state index in [2.05, 4.69) is 54.6 Å². The fourth-order valence-electron chi connectivity index (χ4n) is 4.04. The van der Waals surface area contributed by atoms with Crippen LogP contribution in [0.25, 0.3) is 43.4 Å². The topological polar surface area (TPSA) is 38.7 Å². The van der Waals surface area contributed by atoms with Gasteiger partial charge in [0.2, 0.25) is 5.75 Å². The van der Waals surface area contributed by atoms with Gasteiger partial charge in [-0.1, -0.05) is 54.6 Å². The standard InChI is InChI=1S/C24H18O3/c1-26-20-12-17(13-21(27-2)24(20)25)18-10-8-16-7-6-14-4-3-5-15-9-11-19(18)23(16)22(14)15/h3-13,25H,1-2H3. The molecule has 0 amide bonds. The van der Waals surface area contributed by atoms with Crippen molar-refractivity contribution in [3.05, 3.63) is 66.7 Å². The highest BCUT2D eigenvalue weighted by Gasteiger charge is 2.16. The number of ether oxygens (including phenoxy) is 2. The summed E-state index contributed by atoms with van der Waals surface area (Å²) in [5, 5.41) is 17.7. The first-order valence-corrected chi connectivity index (χ1v) is 8.83. The molecule has 0 atom stereocenters. The molecule has 27 heavy (non-hydrogen) atoms. The van der Waals surface area contributed by atoms with E-state index >= 15 is 0 Å². The van der Waals surface area contributed by atoms with E-state index in [0.717, 1.165) is 11.1 Å². The number of aromatic hydroxyl groups is 1. The van der Waals surface area contributed by atoms with E-state index in [1.54, 1.807) is 14.2 Å². The van der Waals surface area contributed by atoms with Crippen LogP contribution >= 0.6 is 0 Å². The van der Waals surface area contributed by atoms with Crippen molar-refractivity contribution < 1.29 is 14.6 Å². The van der Waals surface area contributed by atoms with Crippen molar-refractivity contribution in [1.82, 2.24) is 0 Å². The van der Waals surface area contributed by atoms with Crippen molar-refractivity contribution in [2.24, 2.45) is 0 Å². The van der Waals surface area contributed by atoms with Gasteiger partial charge in [0.1, 0.15) is 0 Å². The van der Waals surface area contributed by atoms with E-state index < -0.39 is 0 Å². The van der Waals surface area contributed by atoms with Crippen LogP contribution in [0.5, 0.6) is 17.2 Å². The molecule has 0 aliphatic carbocycles. The molecule has 132 valence electrons. The first-order chi connectivity index (χ1) is 13.2. The molecule has 0 heterocycles. The minimum atomic E-state index is 0.0152. The quantitative estimate of drug-likeness (QED) is 0.405. The normalized spacial score (nSPS) is 11.5. The second-order valence-corrected chi connectivity index (χ2v) is 6.70. The Morgan fingerprint density at radius 2 is 1.22 bits per heavy atom. The maximum absolute atomic E-state index is 10.2. The number of methoxy groups -OCH3 is 2. The van der Waals surface area contributed by atoms with Gasteiger partial charge in [0, 0.05) is 0 Å². The molecule has 0 bridgehead atoms. The van der Waals surface area contributed by atoms with E-state index in [1.165, 1.54) is 32.3 Å². The Bertz CT molecular complexity index is 1260. The van der Waals surface area contributed by atoms with Crippen molar-refractivity contribution >= 4 is 32.3 Å². The van der Waals surface area contributed by atoms with Crippen molar-refractivity contribution in [2.75, 3.05) is 14.2 Å². The van der Waals surface area contributed by atoms with Gasteiger partial charge in [-0.15, -0.1) is 0 Å². The van der Waals surface area contributed by atoms with E-state index in [4.69, 9.17) is 9.47 Å². The SMILES string of the molecule is COc1cc(-c2ccc3ccc4cccc5ccc2c3c45)cc(OC)c1O. The number of phenolic OH excluding ortho intramolecular Hbond substituents is 1. The number of benzene rings is 5. The fraction of sp³-hybridized carbons (Fsp3) is 0.0833. The molecule has 3 nitrogen and oxygen atoms in total. The predicted octanol–water partition coefficient (Wildman–Crippen LogP) is 5.97. The van der Waals surface area contributed by atoms with Crippen molar-refractivity contribution in [2.45, 2.75) is 0 Å². The molecular weight excluding hydrogens is 336 g/mol. The van der Waals surface area contributed by atoms with Crippen LogP contribution in [-0.2, 0) is 0 Å². The molecule has 5 rings (SSSR count). The summed E-state index contributed by atoms with van der Waals surface area (Å²) < 4.78 is 10.7. The molecule has 0 radical (unpaired) electrons. The molecule has 0 aromatic heterocycles. The Labute approximate surface area is 156 Å². The van der Waals surface area contributed by atoms with Gasteiger partial charge in [0.25, 0.3) is 0 Å². The zero-order valence-corrected chi connectivity index (χ0v) is 15.1. The molecule has 0 spiro atoms. The maximum Gasteiger partial charge on any atom is 0.200 e. The van der Waals surface area contributed by atoms with Crippen molar-refractivity contribution in [1.29, 1.82) is 0 Å². The Kier molecular flexibility index (Phi) is 3.37. The van der Waals surface area contributed by atoms with Gasteiger partial charge in [0.05, 0.1) is 14.2 Å². The van der Waals surface area contributed by atoms with Crippen LogP contribution < -0.4 is 9.47 Å². The molecule has 0 fully saturated rings. The lowest BCUT2D eigenvalue weighted by Crippen LogP contribution is -1.92. The molecular formula is C24H18O3. The van der Waals surface area contributed by atoms with Crippen LogP contribution in [0.2, 0.25) is 0 Å². The van der Waals surface area contributed by atoms with Gasteiger partial charge in [-0.2, -0.15) is 0 Å². The highest BCUT2D eigenvalue weighted by molar-refractivity contribution is 6.25. The van der Waals surface area contributed by atoms with E-state index in [9.17, 15) is 5.11 Å². The third kappa shape index (κ3) is 2.21. The van der Waals surface area contributed by atoms with Gasteiger partial charge in [0.15, 0.2) is 11.5 Å². The zero-order valence-electron chi connectivity index (χ0n) is 15.1. The highest BCUT2D eigenvalue weighted by atomic mass is 16.5. The first-order valence-electron chi connectivity index (χ1n) is 8.83. The van der Waals surface area contributed by atoms with Crippen LogP contribution in [-0.4, -0.2) is 19.3 Å². The third-order valence-electron chi connectivity index (χ3n) is 5.32. The Morgan fingerprint density at radius 1 is 0.667 bits per heavy atom. The highest BCUT2D eigenvalue weighted by Crippen LogP contribution is 2.44. The lowest BCUT2D eigenvalue weighted by atomic mass is 9.90. The van der Waals surface area contributed by atoms with Crippen LogP contribution in [0.1, 0.15) is 0 Å². The molecule has 0 saturated carbocycles. The van der Waals surface area contributed by atoms with Crippen LogP contribution in [0.15, 0.2) is 66.7 Å². The summed E-state index contributed by atoms with van der Waals surface area (Å²) in [5.41, 5.74) is 2.02. The molecule has 0 aliphatic rings. The van der Waals surface area contributed by atoms with Gasteiger partial charge in [-0.25, -0.2) is 0 Å². The van der Waals surface area contributed by atoms with Gasteiger partial charge in [-0.3, -0.25) is 0 Å². The van der Waals surface area contributed by atoms with Crippen LogP contribution in [0, 0.1) is 0 Å². The van der Waals surface area contributed by atoms with Crippen molar-refractivity contribution in [3.8, 4) is 28.4 Å². The lowest BCUT2D eigenvalue weighted by Gasteiger charge is -2.16. The van der Waals surface area contributed by atoms with Crippen molar-refractivity contribution in [3.63, 3.8) is 0 Å². The maximum atomic E-state index is 10.2. The largest absolute Gasteiger partial charge is 0.502 e. The first kappa shape index (κ1) is 15.8. The summed E-state index contributed by atoms with van der Waals surface area (Å²) in [6.07, 6.45) is 0. The summed E-state index contributed by atoms with van der Waals surface area (Å²) in [6, 6.07) is 23.1.